The molecule has 1 aromatic carbocycles. The molecule has 0 aliphatic heterocycles. The monoisotopic (exact) mass is 247 g/mol. The highest BCUT2D eigenvalue weighted by molar-refractivity contribution is 6.08. The standard InChI is InChI=1S/C14H17NO3/c1-8-5-6-12(9(2)7-8)15-13(16)10(3)11(4)14(17)18/h5-7H,1-4H3,(H,15,16)(H,17,18)/b11-10-. The van der Waals surface area contributed by atoms with Crippen molar-refractivity contribution in [2.75, 3.05) is 5.32 Å². The zero-order chi connectivity index (χ0) is 13.9. The number of carboxylic acids is 1. The summed E-state index contributed by atoms with van der Waals surface area (Å²) in [6, 6.07) is 5.66. The van der Waals surface area contributed by atoms with E-state index in [0.717, 1.165) is 11.1 Å². The first-order chi connectivity index (χ1) is 8.32. The van der Waals surface area contributed by atoms with Crippen molar-refractivity contribution in [2.45, 2.75) is 27.7 Å². The quantitative estimate of drug-likeness (QED) is 0.807. The lowest BCUT2D eigenvalue weighted by atomic mass is 10.1. The summed E-state index contributed by atoms with van der Waals surface area (Å²) in [7, 11) is 0. The number of anilines is 1. The molecular weight excluding hydrogens is 230 g/mol. The first kappa shape index (κ1) is 14.0. The topological polar surface area (TPSA) is 66.4 Å². The van der Waals surface area contributed by atoms with Crippen molar-refractivity contribution in [2.24, 2.45) is 0 Å². The summed E-state index contributed by atoms with van der Waals surface area (Å²) in [4.78, 5) is 22.6. The Morgan fingerprint density at radius 2 is 1.72 bits per heavy atom. The molecule has 4 nitrogen and oxygen atoms in total. The summed E-state index contributed by atoms with van der Waals surface area (Å²) in [6.07, 6.45) is 0. The van der Waals surface area contributed by atoms with Gasteiger partial charge in [0, 0.05) is 16.8 Å². The number of amides is 1. The van der Waals surface area contributed by atoms with Crippen molar-refractivity contribution in [3.63, 3.8) is 0 Å². The first-order valence-electron chi connectivity index (χ1n) is 5.62. The van der Waals surface area contributed by atoms with Crippen LogP contribution in [0, 0.1) is 13.8 Å². The molecule has 18 heavy (non-hydrogen) atoms. The Hall–Kier alpha value is -2.10. The highest BCUT2D eigenvalue weighted by Gasteiger charge is 2.13. The predicted molar refractivity (Wildman–Crippen MR) is 70.6 cm³/mol. The van der Waals surface area contributed by atoms with Crippen molar-refractivity contribution in [3.05, 3.63) is 40.5 Å². The van der Waals surface area contributed by atoms with Gasteiger partial charge in [-0.1, -0.05) is 17.7 Å². The van der Waals surface area contributed by atoms with Gasteiger partial charge < -0.3 is 10.4 Å². The van der Waals surface area contributed by atoms with Gasteiger partial charge in [0.1, 0.15) is 0 Å². The Morgan fingerprint density at radius 3 is 2.22 bits per heavy atom. The minimum absolute atomic E-state index is 0.0530. The minimum atomic E-state index is -1.08. The Kier molecular flexibility index (Phi) is 4.26. The molecule has 0 fully saturated rings. The number of carbonyl (C=O) groups excluding carboxylic acids is 1. The lowest BCUT2D eigenvalue weighted by molar-refractivity contribution is -0.133. The minimum Gasteiger partial charge on any atom is -0.478 e. The molecule has 96 valence electrons. The van der Waals surface area contributed by atoms with Gasteiger partial charge in [-0.05, 0) is 39.3 Å². The maximum absolute atomic E-state index is 11.9. The Bertz CT molecular complexity index is 530. The van der Waals surface area contributed by atoms with Crippen molar-refractivity contribution in [3.8, 4) is 0 Å². The third-order valence-electron chi connectivity index (χ3n) is 2.85. The molecule has 0 heterocycles. The summed E-state index contributed by atoms with van der Waals surface area (Å²) in [6.45, 7) is 6.78. The van der Waals surface area contributed by atoms with Gasteiger partial charge in [-0.25, -0.2) is 4.79 Å². The van der Waals surface area contributed by atoms with Gasteiger partial charge in [0.05, 0.1) is 0 Å². The van der Waals surface area contributed by atoms with Gasteiger partial charge in [0.2, 0.25) is 0 Å². The number of hydrogen-bond donors (Lipinski definition) is 2. The van der Waals surface area contributed by atoms with E-state index in [2.05, 4.69) is 5.32 Å². The molecule has 0 spiro atoms. The maximum Gasteiger partial charge on any atom is 0.331 e. The molecule has 0 aliphatic rings. The number of aliphatic carboxylic acids is 1. The van der Waals surface area contributed by atoms with Crippen LogP contribution in [-0.2, 0) is 9.59 Å². The third kappa shape index (κ3) is 3.20. The van der Waals surface area contributed by atoms with Crippen LogP contribution in [0.5, 0.6) is 0 Å². The van der Waals surface area contributed by atoms with Gasteiger partial charge in [0.15, 0.2) is 0 Å². The smallest absolute Gasteiger partial charge is 0.331 e. The number of rotatable bonds is 3. The molecular formula is C14H17NO3. The molecule has 0 radical (unpaired) electrons. The van der Waals surface area contributed by atoms with Crippen LogP contribution >= 0.6 is 0 Å². The van der Waals surface area contributed by atoms with Gasteiger partial charge in [-0.2, -0.15) is 0 Å². The zero-order valence-electron chi connectivity index (χ0n) is 11.0. The second kappa shape index (κ2) is 5.49. The molecule has 0 aliphatic carbocycles. The van der Waals surface area contributed by atoms with Crippen LogP contribution in [0.3, 0.4) is 0 Å². The molecule has 0 unspecified atom stereocenters. The highest BCUT2D eigenvalue weighted by Crippen LogP contribution is 2.17. The van der Waals surface area contributed by atoms with Crippen LogP contribution < -0.4 is 5.32 Å². The fourth-order valence-corrected chi connectivity index (χ4v) is 1.50. The van der Waals surface area contributed by atoms with E-state index in [4.69, 9.17) is 5.11 Å². The highest BCUT2D eigenvalue weighted by atomic mass is 16.4. The van der Waals surface area contributed by atoms with Crippen LogP contribution in [0.25, 0.3) is 0 Å². The van der Waals surface area contributed by atoms with Crippen molar-refractivity contribution in [1.82, 2.24) is 0 Å². The van der Waals surface area contributed by atoms with Gasteiger partial charge >= 0.3 is 5.97 Å². The Morgan fingerprint density at radius 1 is 1.11 bits per heavy atom. The number of nitrogens with one attached hydrogen (secondary N) is 1. The zero-order valence-corrected chi connectivity index (χ0v) is 11.0. The van der Waals surface area contributed by atoms with Gasteiger partial charge in [-0.15, -0.1) is 0 Å². The van der Waals surface area contributed by atoms with Crippen molar-refractivity contribution >= 4 is 17.6 Å². The summed E-state index contributed by atoms with van der Waals surface area (Å²) in [5.74, 6) is -1.47. The van der Waals surface area contributed by atoms with Crippen LogP contribution in [0.2, 0.25) is 0 Å². The van der Waals surface area contributed by atoms with E-state index < -0.39 is 5.97 Å². The van der Waals surface area contributed by atoms with E-state index >= 15 is 0 Å². The molecule has 2 N–H and O–H groups in total. The second-order valence-corrected chi connectivity index (χ2v) is 4.33. The summed E-state index contributed by atoms with van der Waals surface area (Å²) in [5.41, 5.74) is 3.02. The molecule has 0 saturated carbocycles. The molecule has 0 bridgehead atoms. The molecule has 4 heteroatoms. The molecule has 0 saturated heterocycles. The first-order valence-corrected chi connectivity index (χ1v) is 5.62. The second-order valence-electron chi connectivity index (χ2n) is 4.33. The van der Waals surface area contributed by atoms with Crippen LogP contribution in [0.1, 0.15) is 25.0 Å². The number of carboxylic acid groups (broad SMARTS) is 1. The SMILES string of the molecule is C/C(C(=O)O)=C(\C)C(=O)Nc1ccc(C)cc1C. The van der Waals surface area contributed by atoms with Crippen LogP contribution in [0.4, 0.5) is 5.69 Å². The summed E-state index contributed by atoms with van der Waals surface area (Å²) >= 11 is 0. The van der Waals surface area contributed by atoms with E-state index in [-0.39, 0.29) is 17.1 Å². The fraction of sp³-hybridized carbons (Fsp3) is 0.286. The Labute approximate surface area is 106 Å². The number of hydrogen-bond acceptors (Lipinski definition) is 2. The normalized spacial score (nSPS) is 11.8. The molecule has 0 aromatic heterocycles. The molecule has 1 aromatic rings. The third-order valence-corrected chi connectivity index (χ3v) is 2.85. The molecule has 1 rings (SSSR count). The lowest BCUT2D eigenvalue weighted by Crippen LogP contribution is -2.16. The van der Waals surface area contributed by atoms with E-state index in [1.807, 2.05) is 32.0 Å². The summed E-state index contributed by atoms with van der Waals surface area (Å²) < 4.78 is 0. The van der Waals surface area contributed by atoms with E-state index in [0.29, 0.717) is 5.69 Å². The van der Waals surface area contributed by atoms with E-state index in [1.165, 1.54) is 13.8 Å². The average Bonchev–Trinajstić information content (AvgIpc) is 2.30. The number of carbonyl (C=O) groups is 2. The predicted octanol–water partition coefficient (Wildman–Crippen LogP) is 2.66. The molecule has 1 amide bonds. The average molecular weight is 247 g/mol. The fourth-order valence-electron chi connectivity index (χ4n) is 1.50. The van der Waals surface area contributed by atoms with E-state index in [1.54, 1.807) is 0 Å². The van der Waals surface area contributed by atoms with Crippen molar-refractivity contribution < 1.29 is 14.7 Å². The van der Waals surface area contributed by atoms with E-state index in [9.17, 15) is 9.59 Å². The van der Waals surface area contributed by atoms with Crippen LogP contribution in [-0.4, -0.2) is 17.0 Å². The largest absolute Gasteiger partial charge is 0.478 e. The van der Waals surface area contributed by atoms with Gasteiger partial charge in [-0.3, -0.25) is 4.79 Å². The van der Waals surface area contributed by atoms with Crippen LogP contribution in [0.15, 0.2) is 29.3 Å². The Balaban J connectivity index is 2.95. The molecule has 0 atom stereocenters. The lowest BCUT2D eigenvalue weighted by Gasteiger charge is -2.10. The van der Waals surface area contributed by atoms with Crippen molar-refractivity contribution in [1.29, 1.82) is 0 Å². The number of aryl methyl sites for hydroxylation is 2. The maximum atomic E-state index is 11.9. The number of benzene rings is 1. The van der Waals surface area contributed by atoms with Gasteiger partial charge in [0.25, 0.3) is 5.91 Å². The summed E-state index contributed by atoms with van der Waals surface area (Å²) in [5, 5.41) is 11.5.